The van der Waals surface area contributed by atoms with Gasteiger partial charge in [-0.15, -0.1) is 0 Å². The van der Waals surface area contributed by atoms with Crippen LogP contribution in [0, 0.1) is 12.8 Å². The van der Waals surface area contributed by atoms with E-state index in [0.717, 1.165) is 35.2 Å². The van der Waals surface area contributed by atoms with E-state index in [1.165, 1.54) is 11.1 Å². The molecule has 1 aliphatic rings. The maximum atomic E-state index is 13.5. The Morgan fingerprint density at radius 2 is 1.72 bits per heavy atom. The summed E-state index contributed by atoms with van der Waals surface area (Å²) in [6.07, 6.45) is 5.58. The number of fused-ring (bicyclic) bond motifs is 1. The van der Waals surface area contributed by atoms with Gasteiger partial charge in [0.25, 0.3) is 5.91 Å². The molecule has 1 N–H and O–H groups in total. The molecule has 2 aromatic carbocycles. The van der Waals surface area contributed by atoms with Crippen LogP contribution in [0.1, 0.15) is 50.8 Å². The summed E-state index contributed by atoms with van der Waals surface area (Å²) in [6.45, 7) is 8.62. The van der Waals surface area contributed by atoms with E-state index in [-0.39, 0.29) is 32.3 Å². The highest BCUT2D eigenvalue weighted by Gasteiger charge is 2.27. The van der Waals surface area contributed by atoms with Gasteiger partial charge in [0, 0.05) is 50.3 Å². The van der Waals surface area contributed by atoms with Crippen molar-refractivity contribution in [3.8, 4) is 11.1 Å². The third-order valence-corrected chi connectivity index (χ3v) is 7.10. The third-order valence-electron chi connectivity index (χ3n) is 7.10. The number of nitrogens with zero attached hydrogens (tertiary/aromatic N) is 4. The van der Waals surface area contributed by atoms with Gasteiger partial charge in [-0.05, 0) is 60.1 Å². The summed E-state index contributed by atoms with van der Waals surface area (Å²) in [7, 11) is 1.82. The minimum atomic E-state index is -0.0797. The molecule has 0 unspecified atom stereocenters. The summed E-state index contributed by atoms with van der Waals surface area (Å²) in [5.74, 6) is 0.465. The van der Waals surface area contributed by atoms with Gasteiger partial charge in [0.05, 0.1) is 13.1 Å². The number of carbonyl (C=O) groups is 2. The summed E-state index contributed by atoms with van der Waals surface area (Å²) in [5, 5.41) is 6.80. The molecule has 7 nitrogen and oxygen atoms in total. The van der Waals surface area contributed by atoms with E-state index in [1.807, 2.05) is 55.4 Å². The molecule has 0 bridgehead atoms. The Labute approximate surface area is 233 Å². The van der Waals surface area contributed by atoms with Crippen LogP contribution in [0.15, 0.2) is 67.0 Å². The van der Waals surface area contributed by atoms with E-state index >= 15 is 0 Å². The summed E-state index contributed by atoms with van der Waals surface area (Å²) in [5.41, 5.74) is 6.35. The molecule has 0 saturated heterocycles. The lowest BCUT2D eigenvalue weighted by Gasteiger charge is -2.32. The van der Waals surface area contributed by atoms with Crippen molar-refractivity contribution in [2.75, 3.05) is 31.6 Å². The second-order valence-electron chi connectivity index (χ2n) is 10.5. The predicted octanol–water partition coefficient (Wildman–Crippen LogP) is 5.44. The van der Waals surface area contributed by atoms with Crippen LogP contribution in [0.3, 0.4) is 0 Å². The van der Waals surface area contributed by atoms with E-state index < -0.39 is 0 Å². The molecule has 1 aliphatic heterocycles. The van der Waals surface area contributed by atoms with E-state index in [2.05, 4.69) is 53.4 Å². The topological polar surface area (TPSA) is 68.8 Å². The minimum Gasteiger partial charge on any atom is -0.355 e. The number of benzene rings is 2. The Hall–Kier alpha value is -3.71. The quantitative estimate of drug-likeness (QED) is 0.335. The molecule has 0 atom stereocenters. The number of hydrogen-bond donors (Lipinski definition) is 1. The van der Waals surface area contributed by atoms with Gasteiger partial charge in [-0.3, -0.25) is 19.6 Å². The fourth-order valence-electron chi connectivity index (χ4n) is 4.81. The molecule has 1 aromatic heterocycles. The van der Waals surface area contributed by atoms with Crippen molar-refractivity contribution >= 4 is 17.5 Å². The minimum absolute atomic E-state index is 0. The predicted molar refractivity (Wildman–Crippen MR) is 159 cm³/mol. The van der Waals surface area contributed by atoms with Crippen molar-refractivity contribution in [3.63, 3.8) is 0 Å². The molecule has 4 rings (SSSR count). The van der Waals surface area contributed by atoms with Crippen molar-refractivity contribution in [3.05, 3.63) is 83.7 Å². The number of aromatic nitrogens is 1. The molecule has 2 heterocycles. The molecule has 0 saturated carbocycles. The first-order valence-corrected chi connectivity index (χ1v) is 13.4. The Morgan fingerprint density at radius 3 is 2.36 bits per heavy atom. The van der Waals surface area contributed by atoms with E-state index in [1.54, 1.807) is 11.2 Å². The summed E-state index contributed by atoms with van der Waals surface area (Å²) in [4.78, 5) is 32.7. The van der Waals surface area contributed by atoms with Crippen LogP contribution in [0.5, 0.6) is 0 Å². The Balaban J connectivity index is 0.00000420. The maximum Gasteiger partial charge on any atom is 0.256 e. The molecular weight excluding hydrogens is 486 g/mol. The highest BCUT2D eigenvalue weighted by molar-refractivity contribution is 5.87. The van der Waals surface area contributed by atoms with Crippen LogP contribution >= 0.6 is 0 Å². The molecule has 0 spiro atoms. The molecule has 208 valence electrons. The first kappa shape index (κ1) is 29.8. The van der Waals surface area contributed by atoms with Gasteiger partial charge in [0.15, 0.2) is 0 Å². The Morgan fingerprint density at radius 1 is 1.00 bits per heavy atom. The number of likely N-dealkylation sites (N-methyl/N-ethyl adjacent to an activating group) is 1. The SMILES string of the molecule is C.Cc1ccc(-c2cccnc2)cc1N(CC(=O)NCCCC(C)C)CC(=O)N(C)N1Cc2ccccc2C1. The van der Waals surface area contributed by atoms with Crippen LogP contribution in [0.4, 0.5) is 5.69 Å². The number of carbonyl (C=O) groups excluding carboxylic acids is 2. The number of hydrazine groups is 1. The van der Waals surface area contributed by atoms with Crippen molar-refractivity contribution in [1.29, 1.82) is 0 Å². The molecule has 0 aliphatic carbocycles. The largest absolute Gasteiger partial charge is 0.355 e. The molecule has 3 aromatic rings. The van der Waals surface area contributed by atoms with Crippen molar-refractivity contribution in [1.82, 2.24) is 20.3 Å². The fourth-order valence-corrected chi connectivity index (χ4v) is 4.81. The van der Waals surface area contributed by atoms with Crippen molar-refractivity contribution in [2.45, 2.75) is 54.1 Å². The smallest absolute Gasteiger partial charge is 0.256 e. The molecule has 2 amide bonds. The zero-order valence-electron chi connectivity index (χ0n) is 23.0. The molecule has 0 radical (unpaired) electrons. The van der Waals surface area contributed by atoms with Gasteiger partial charge in [0.2, 0.25) is 5.91 Å². The summed E-state index contributed by atoms with van der Waals surface area (Å²) < 4.78 is 0. The number of amides is 2. The average molecular weight is 530 g/mol. The maximum absolute atomic E-state index is 13.5. The number of pyridine rings is 1. The van der Waals surface area contributed by atoms with Crippen LogP contribution in [0.25, 0.3) is 11.1 Å². The first-order valence-electron chi connectivity index (χ1n) is 13.4. The Kier molecular flexibility index (Phi) is 10.6. The number of rotatable bonds is 11. The van der Waals surface area contributed by atoms with Gasteiger partial charge >= 0.3 is 0 Å². The molecule has 39 heavy (non-hydrogen) atoms. The zero-order chi connectivity index (χ0) is 27.1. The molecular formula is C32H43N5O2. The highest BCUT2D eigenvalue weighted by Crippen LogP contribution is 2.28. The lowest BCUT2D eigenvalue weighted by molar-refractivity contribution is -0.145. The van der Waals surface area contributed by atoms with Gasteiger partial charge < -0.3 is 10.2 Å². The number of aryl methyl sites for hydroxylation is 1. The van der Waals surface area contributed by atoms with Crippen LogP contribution in [-0.4, -0.2) is 53.5 Å². The monoisotopic (exact) mass is 529 g/mol. The standard InChI is InChI=1S/C31H39N5O2.CH4/c1-23(2)9-7-16-33-30(37)21-35(29-17-25(14-13-24(29)3)26-12-8-15-32-18-26)22-31(38)34(4)36-19-27-10-5-6-11-28(27)20-36;/h5-6,8,10-15,17-18,23H,7,9,16,19-22H2,1-4H3,(H,33,37);1H4. The van der Waals surface area contributed by atoms with E-state index in [4.69, 9.17) is 0 Å². The lowest BCUT2D eigenvalue weighted by Crippen LogP contribution is -2.48. The average Bonchev–Trinajstić information content (AvgIpc) is 3.35. The highest BCUT2D eigenvalue weighted by atomic mass is 16.2. The molecule has 7 heteroatoms. The summed E-state index contributed by atoms with van der Waals surface area (Å²) in [6, 6.07) is 18.3. The fraction of sp³-hybridized carbons (Fsp3) is 0.406. The number of nitrogens with one attached hydrogen (secondary N) is 1. The molecule has 0 fully saturated rings. The van der Waals surface area contributed by atoms with Crippen molar-refractivity contribution in [2.24, 2.45) is 5.92 Å². The van der Waals surface area contributed by atoms with E-state index in [9.17, 15) is 9.59 Å². The number of hydrogen-bond acceptors (Lipinski definition) is 5. The second kappa shape index (κ2) is 13.9. The van der Waals surface area contributed by atoms with Crippen LogP contribution in [-0.2, 0) is 22.7 Å². The summed E-state index contributed by atoms with van der Waals surface area (Å²) >= 11 is 0. The Bertz CT molecular complexity index is 1220. The normalized spacial score (nSPS) is 12.5. The second-order valence-corrected chi connectivity index (χ2v) is 10.5. The van der Waals surface area contributed by atoms with Gasteiger partial charge in [0.1, 0.15) is 0 Å². The van der Waals surface area contributed by atoms with Gasteiger partial charge in [-0.1, -0.05) is 63.7 Å². The first-order chi connectivity index (χ1) is 18.3. The van der Waals surface area contributed by atoms with Crippen molar-refractivity contribution < 1.29 is 9.59 Å². The van der Waals surface area contributed by atoms with E-state index in [0.29, 0.717) is 25.6 Å². The van der Waals surface area contributed by atoms with Gasteiger partial charge in [-0.2, -0.15) is 0 Å². The van der Waals surface area contributed by atoms with Crippen LogP contribution in [0.2, 0.25) is 0 Å². The van der Waals surface area contributed by atoms with Gasteiger partial charge in [-0.25, -0.2) is 5.01 Å². The lowest BCUT2D eigenvalue weighted by atomic mass is 10.0. The number of anilines is 1. The zero-order valence-corrected chi connectivity index (χ0v) is 23.0. The third kappa shape index (κ3) is 7.90. The van der Waals surface area contributed by atoms with Crippen LogP contribution < -0.4 is 10.2 Å².